The van der Waals surface area contributed by atoms with Gasteiger partial charge in [0.25, 0.3) is 0 Å². The van der Waals surface area contributed by atoms with Crippen LogP contribution < -0.4 is 11.1 Å². The third kappa shape index (κ3) is 4.32. The lowest BCUT2D eigenvalue weighted by atomic mass is 9.93. The zero-order valence-electron chi connectivity index (χ0n) is 10.2. The first-order valence-electron chi connectivity index (χ1n) is 5.95. The number of nitrogens with zero attached hydrogens (tertiary/aromatic N) is 1. The number of carbonyl (C=O) groups excluding carboxylic acids is 2. The van der Waals surface area contributed by atoms with Crippen molar-refractivity contribution in [2.24, 2.45) is 11.7 Å². The van der Waals surface area contributed by atoms with Gasteiger partial charge in [-0.1, -0.05) is 0 Å². The first-order valence-corrected chi connectivity index (χ1v) is 5.95. The molecule has 1 aliphatic heterocycles. The summed E-state index contributed by atoms with van der Waals surface area (Å²) in [5.41, 5.74) is 5.29. The van der Waals surface area contributed by atoms with E-state index in [1.54, 1.807) is 0 Å². The van der Waals surface area contributed by atoms with Crippen LogP contribution in [0.5, 0.6) is 0 Å². The average Bonchev–Trinajstić information content (AvgIpc) is 2.29. The predicted molar refractivity (Wildman–Crippen MR) is 63.0 cm³/mol. The predicted octanol–water partition coefficient (Wildman–Crippen LogP) is -1.32. The number of likely N-dealkylation sites (tertiary alicyclic amines) is 1. The minimum Gasteiger partial charge on any atom is -0.395 e. The van der Waals surface area contributed by atoms with Gasteiger partial charge in [-0.2, -0.15) is 0 Å². The molecule has 1 aliphatic rings. The van der Waals surface area contributed by atoms with Crippen LogP contribution in [0.2, 0.25) is 0 Å². The highest BCUT2D eigenvalue weighted by atomic mass is 16.3. The molecule has 0 aliphatic carbocycles. The summed E-state index contributed by atoms with van der Waals surface area (Å²) in [7, 11) is 0. The van der Waals surface area contributed by atoms with Crippen molar-refractivity contribution in [2.45, 2.75) is 25.8 Å². The molecule has 17 heavy (non-hydrogen) atoms. The lowest BCUT2D eigenvalue weighted by Crippen LogP contribution is -2.49. The Morgan fingerprint density at radius 1 is 1.47 bits per heavy atom. The molecule has 0 aromatic heterocycles. The van der Waals surface area contributed by atoms with Crippen molar-refractivity contribution in [2.75, 3.05) is 26.2 Å². The fourth-order valence-electron chi connectivity index (χ4n) is 2.07. The maximum atomic E-state index is 11.5. The van der Waals surface area contributed by atoms with Gasteiger partial charge < -0.3 is 16.2 Å². The van der Waals surface area contributed by atoms with Crippen molar-refractivity contribution in [3.05, 3.63) is 0 Å². The van der Waals surface area contributed by atoms with Gasteiger partial charge in [0, 0.05) is 19.1 Å². The van der Waals surface area contributed by atoms with E-state index < -0.39 is 0 Å². The van der Waals surface area contributed by atoms with E-state index in [9.17, 15) is 9.59 Å². The second kappa shape index (κ2) is 6.56. The van der Waals surface area contributed by atoms with Gasteiger partial charge in [0.15, 0.2) is 0 Å². The maximum Gasteiger partial charge on any atom is 0.234 e. The number of amides is 2. The average molecular weight is 243 g/mol. The smallest absolute Gasteiger partial charge is 0.234 e. The van der Waals surface area contributed by atoms with Crippen molar-refractivity contribution in [3.63, 3.8) is 0 Å². The number of piperidine rings is 1. The molecule has 1 saturated heterocycles. The Labute approximate surface area is 101 Å². The Kier molecular flexibility index (Phi) is 5.37. The number of carbonyl (C=O) groups is 2. The molecule has 0 bridgehead atoms. The van der Waals surface area contributed by atoms with E-state index >= 15 is 0 Å². The molecular weight excluding hydrogens is 222 g/mol. The van der Waals surface area contributed by atoms with Gasteiger partial charge in [-0.3, -0.25) is 14.5 Å². The van der Waals surface area contributed by atoms with Gasteiger partial charge in [0.1, 0.15) is 0 Å². The highest BCUT2D eigenvalue weighted by Gasteiger charge is 2.29. The van der Waals surface area contributed by atoms with Crippen LogP contribution >= 0.6 is 0 Å². The molecule has 0 radical (unpaired) electrons. The third-order valence-corrected chi connectivity index (χ3v) is 3.19. The summed E-state index contributed by atoms with van der Waals surface area (Å²) in [5.74, 6) is -0.578. The third-order valence-electron chi connectivity index (χ3n) is 3.19. The number of primary amides is 1. The first kappa shape index (κ1) is 13.9. The van der Waals surface area contributed by atoms with Crippen LogP contribution in [-0.4, -0.2) is 54.1 Å². The molecule has 2 unspecified atom stereocenters. The molecule has 0 aromatic carbocycles. The second-order valence-corrected chi connectivity index (χ2v) is 4.53. The lowest BCUT2D eigenvalue weighted by Gasteiger charge is -2.36. The number of aliphatic hydroxyl groups excluding tert-OH is 1. The molecule has 98 valence electrons. The van der Waals surface area contributed by atoms with Crippen molar-refractivity contribution < 1.29 is 14.7 Å². The topological polar surface area (TPSA) is 95.7 Å². The fourth-order valence-corrected chi connectivity index (χ4v) is 2.07. The molecule has 2 amide bonds. The maximum absolute atomic E-state index is 11.5. The lowest BCUT2D eigenvalue weighted by molar-refractivity contribution is -0.127. The number of aliphatic hydroxyl groups is 1. The minimum atomic E-state index is -0.294. The summed E-state index contributed by atoms with van der Waals surface area (Å²) in [6.07, 6.45) is 1.67. The van der Waals surface area contributed by atoms with Crippen molar-refractivity contribution in [1.82, 2.24) is 10.2 Å². The number of rotatable bonds is 5. The largest absolute Gasteiger partial charge is 0.395 e. The summed E-state index contributed by atoms with van der Waals surface area (Å²) in [6.45, 7) is 3.04. The number of hydrogen-bond donors (Lipinski definition) is 3. The Morgan fingerprint density at radius 3 is 2.76 bits per heavy atom. The van der Waals surface area contributed by atoms with E-state index in [2.05, 4.69) is 5.32 Å². The standard InChI is InChI=1S/C11H21N3O3/c1-8-2-3-9(11(12)17)6-14(8)7-10(16)13-4-5-15/h8-9,15H,2-7H2,1H3,(H2,12,17)(H,13,16). The minimum absolute atomic E-state index is 0.0643. The van der Waals surface area contributed by atoms with Crippen LogP contribution in [0.3, 0.4) is 0 Å². The van der Waals surface area contributed by atoms with Crippen LogP contribution in [0, 0.1) is 5.92 Å². The monoisotopic (exact) mass is 243 g/mol. The normalized spacial score (nSPS) is 25.5. The van der Waals surface area contributed by atoms with Crippen LogP contribution in [0.4, 0.5) is 0 Å². The fraction of sp³-hybridized carbons (Fsp3) is 0.818. The van der Waals surface area contributed by atoms with Crippen LogP contribution in [-0.2, 0) is 9.59 Å². The van der Waals surface area contributed by atoms with E-state index in [-0.39, 0.29) is 43.5 Å². The van der Waals surface area contributed by atoms with Gasteiger partial charge in [-0.15, -0.1) is 0 Å². The number of nitrogens with two attached hydrogens (primary N) is 1. The summed E-state index contributed by atoms with van der Waals surface area (Å²) >= 11 is 0. The molecule has 2 atom stereocenters. The Bertz CT molecular complexity index is 283. The van der Waals surface area contributed by atoms with E-state index in [1.165, 1.54) is 0 Å². The van der Waals surface area contributed by atoms with Crippen molar-refractivity contribution in [1.29, 1.82) is 0 Å². The zero-order valence-corrected chi connectivity index (χ0v) is 10.2. The quantitative estimate of drug-likeness (QED) is 0.558. The molecule has 0 aromatic rings. The molecule has 4 N–H and O–H groups in total. The Hall–Kier alpha value is -1.14. The number of nitrogens with one attached hydrogen (secondary N) is 1. The highest BCUT2D eigenvalue weighted by Crippen LogP contribution is 2.21. The van der Waals surface area contributed by atoms with Gasteiger partial charge >= 0.3 is 0 Å². The van der Waals surface area contributed by atoms with E-state index in [1.807, 2.05) is 11.8 Å². The summed E-state index contributed by atoms with van der Waals surface area (Å²) < 4.78 is 0. The van der Waals surface area contributed by atoms with E-state index in [0.717, 1.165) is 12.8 Å². The second-order valence-electron chi connectivity index (χ2n) is 4.53. The summed E-state index contributed by atoms with van der Waals surface area (Å²) in [5, 5.41) is 11.2. The molecule has 1 heterocycles. The number of hydrogen-bond acceptors (Lipinski definition) is 4. The van der Waals surface area contributed by atoms with Gasteiger partial charge in [0.05, 0.1) is 19.1 Å². The first-order chi connectivity index (χ1) is 8.04. The molecule has 1 fully saturated rings. The van der Waals surface area contributed by atoms with Crippen LogP contribution in [0.1, 0.15) is 19.8 Å². The Balaban J connectivity index is 2.44. The van der Waals surface area contributed by atoms with Gasteiger partial charge in [-0.05, 0) is 19.8 Å². The van der Waals surface area contributed by atoms with Gasteiger partial charge in [0.2, 0.25) is 11.8 Å². The SMILES string of the molecule is CC1CCC(C(N)=O)CN1CC(=O)NCCO. The van der Waals surface area contributed by atoms with Crippen molar-refractivity contribution >= 4 is 11.8 Å². The molecule has 6 nitrogen and oxygen atoms in total. The molecular formula is C11H21N3O3. The van der Waals surface area contributed by atoms with E-state index in [0.29, 0.717) is 6.54 Å². The molecule has 1 rings (SSSR count). The highest BCUT2D eigenvalue weighted by molar-refractivity contribution is 5.79. The molecule has 0 saturated carbocycles. The van der Waals surface area contributed by atoms with Gasteiger partial charge in [-0.25, -0.2) is 0 Å². The van der Waals surface area contributed by atoms with Crippen molar-refractivity contribution in [3.8, 4) is 0 Å². The molecule has 6 heteroatoms. The summed E-state index contributed by atoms with van der Waals surface area (Å²) in [4.78, 5) is 24.6. The summed E-state index contributed by atoms with van der Waals surface area (Å²) in [6, 6.07) is 0.283. The van der Waals surface area contributed by atoms with E-state index in [4.69, 9.17) is 10.8 Å². The zero-order chi connectivity index (χ0) is 12.8. The van der Waals surface area contributed by atoms with Crippen LogP contribution in [0.25, 0.3) is 0 Å². The molecule has 0 spiro atoms. The van der Waals surface area contributed by atoms with Crippen LogP contribution in [0.15, 0.2) is 0 Å². The Morgan fingerprint density at radius 2 is 2.18 bits per heavy atom.